The molecule has 5 nitrogen and oxygen atoms in total. The van der Waals surface area contributed by atoms with Crippen molar-refractivity contribution in [3.63, 3.8) is 0 Å². The topological polar surface area (TPSA) is 62.5 Å². The van der Waals surface area contributed by atoms with Gasteiger partial charge in [-0.1, -0.05) is 13.8 Å². The Morgan fingerprint density at radius 2 is 2.00 bits per heavy atom. The van der Waals surface area contributed by atoms with Crippen LogP contribution in [-0.4, -0.2) is 32.6 Å². The van der Waals surface area contributed by atoms with E-state index in [0.29, 0.717) is 34.6 Å². The monoisotopic (exact) mass is 418 g/mol. The summed E-state index contributed by atoms with van der Waals surface area (Å²) in [6, 6.07) is 3.41. The Bertz CT molecular complexity index is 864. The molecule has 0 spiro atoms. The average Bonchev–Trinajstić information content (AvgIpc) is 2.98. The fourth-order valence-electron chi connectivity index (χ4n) is 2.28. The minimum absolute atomic E-state index is 0.00717. The van der Waals surface area contributed by atoms with E-state index >= 15 is 0 Å². The lowest BCUT2D eigenvalue weighted by Gasteiger charge is -2.12. The molecule has 2 N–H and O–H groups in total. The third kappa shape index (κ3) is 4.04. The van der Waals surface area contributed by atoms with Crippen molar-refractivity contribution in [1.29, 1.82) is 0 Å². The van der Waals surface area contributed by atoms with E-state index in [1.54, 1.807) is 10.6 Å². The number of benzene rings is 1. The third-order valence-electron chi connectivity index (χ3n) is 3.33. The third-order valence-corrected chi connectivity index (χ3v) is 3.89. The number of nitrogens with zero attached hydrogens (tertiary/aromatic N) is 3. The number of hydrogen-bond donors (Lipinski definition) is 2. The molecule has 136 valence electrons. The van der Waals surface area contributed by atoms with E-state index in [9.17, 15) is 13.2 Å². The Labute approximate surface area is 151 Å². The van der Waals surface area contributed by atoms with Gasteiger partial charge in [0.1, 0.15) is 4.60 Å². The first-order valence-corrected chi connectivity index (χ1v) is 8.60. The van der Waals surface area contributed by atoms with E-state index in [0.717, 1.165) is 12.1 Å². The first-order valence-electron chi connectivity index (χ1n) is 7.80. The average molecular weight is 419 g/mol. The molecule has 0 bridgehead atoms. The van der Waals surface area contributed by atoms with E-state index in [1.807, 2.05) is 13.8 Å². The van der Waals surface area contributed by atoms with Gasteiger partial charge in [-0.25, -0.2) is 9.97 Å². The zero-order chi connectivity index (χ0) is 18.6. The van der Waals surface area contributed by atoms with Gasteiger partial charge in [0.15, 0.2) is 11.5 Å². The molecule has 3 rings (SSSR count). The van der Waals surface area contributed by atoms with Crippen LogP contribution in [0.2, 0.25) is 0 Å². The highest BCUT2D eigenvalue weighted by Gasteiger charge is 2.31. The number of halogens is 4. The number of alkyl halides is 3. The molecule has 2 heterocycles. The molecule has 0 fully saturated rings. The number of aliphatic hydroxyl groups is 1. The summed E-state index contributed by atoms with van der Waals surface area (Å²) in [6.45, 7) is 4.45. The van der Waals surface area contributed by atoms with Gasteiger partial charge in [-0.2, -0.15) is 13.2 Å². The van der Waals surface area contributed by atoms with Crippen LogP contribution in [0.25, 0.3) is 16.7 Å². The summed E-state index contributed by atoms with van der Waals surface area (Å²) >= 11 is 3.34. The lowest BCUT2D eigenvalue weighted by atomic mass is 10.2. The highest BCUT2D eigenvalue weighted by Crippen LogP contribution is 2.32. The van der Waals surface area contributed by atoms with Gasteiger partial charge >= 0.3 is 6.18 Å². The van der Waals surface area contributed by atoms with Crippen LogP contribution in [0.3, 0.4) is 0 Å². The molecule has 0 aliphatic carbocycles. The van der Waals surface area contributed by atoms with Crippen molar-refractivity contribution >= 4 is 38.4 Å². The van der Waals surface area contributed by atoms with Crippen LogP contribution in [0.4, 0.5) is 19.0 Å². The molecule has 0 saturated heterocycles. The van der Waals surface area contributed by atoms with Gasteiger partial charge in [-0.15, -0.1) is 0 Å². The first-order chi connectivity index (χ1) is 11.9. The van der Waals surface area contributed by atoms with Crippen LogP contribution in [0, 0.1) is 0 Å². The molecular formula is C16H18BrF3N4O. The second kappa shape index (κ2) is 8.01. The second-order valence-corrected chi connectivity index (χ2v) is 5.72. The number of rotatable bonds is 4. The van der Waals surface area contributed by atoms with Gasteiger partial charge in [0.2, 0.25) is 0 Å². The minimum Gasteiger partial charge on any atom is -0.396 e. The molecule has 9 heteroatoms. The summed E-state index contributed by atoms with van der Waals surface area (Å²) in [5, 5.41) is 11.8. The summed E-state index contributed by atoms with van der Waals surface area (Å²) < 4.78 is 41.0. The Morgan fingerprint density at radius 1 is 1.28 bits per heavy atom. The molecule has 0 aliphatic heterocycles. The molecule has 25 heavy (non-hydrogen) atoms. The van der Waals surface area contributed by atoms with Crippen molar-refractivity contribution in [2.24, 2.45) is 0 Å². The van der Waals surface area contributed by atoms with Gasteiger partial charge in [0.25, 0.3) is 0 Å². The molecule has 0 atom stereocenters. The number of fused-ring (bicyclic) bond motifs is 3. The van der Waals surface area contributed by atoms with Crippen molar-refractivity contribution in [2.75, 3.05) is 18.5 Å². The molecule has 2 aromatic heterocycles. The normalized spacial score (nSPS) is 11.5. The van der Waals surface area contributed by atoms with Crippen molar-refractivity contribution in [1.82, 2.24) is 14.4 Å². The van der Waals surface area contributed by atoms with Crippen LogP contribution in [-0.2, 0) is 6.18 Å². The van der Waals surface area contributed by atoms with Gasteiger partial charge in [-0.3, -0.25) is 4.40 Å². The largest absolute Gasteiger partial charge is 0.416 e. The number of nitrogens with one attached hydrogen (secondary N) is 1. The number of aromatic nitrogens is 3. The zero-order valence-corrected chi connectivity index (χ0v) is 15.3. The number of imidazole rings is 1. The smallest absolute Gasteiger partial charge is 0.396 e. The van der Waals surface area contributed by atoms with E-state index < -0.39 is 11.7 Å². The fourth-order valence-corrected chi connectivity index (χ4v) is 2.74. The summed E-state index contributed by atoms with van der Waals surface area (Å²) in [4.78, 5) is 8.49. The quantitative estimate of drug-likeness (QED) is 0.612. The Balaban J connectivity index is 0.00000109. The molecule has 0 radical (unpaired) electrons. The molecular weight excluding hydrogens is 401 g/mol. The Morgan fingerprint density at radius 3 is 2.64 bits per heavy atom. The Kier molecular flexibility index (Phi) is 6.23. The predicted octanol–water partition coefficient (Wildman–Crippen LogP) is 4.48. The highest BCUT2D eigenvalue weighted by molar-refractivity contribution is 9.10. The van der Waals surface area contributed by atoms with E-state index in [4.69, 9.17) is 5.11 Å². The van der Waals surface area contributed by atoms with Crippen LogP contribution < -0.4 is 5.32 Å². The summed E-state index contributed by atoms with van der Waals surface area (Å²) in [6.07, 6.45) is -2.37. The van der Waals surface area contributed by atoms with Crippen molar-refractivity contribution in [2.45, 2.75) is 26.4 Å². The summed E-state index contributed by atoms with van der Waals surface area (Å²) in [7, 11) is 0. The maximum Gasteiger partial charge on any atom is 0.416 e. The first kappa shape index (κ1) is 19.5. The zero-order valence-electron chi connectivity index (χ0n) is 13.7. The summed E-state index contributed by atoms with van der Waals surface area (Å²) in [5.74, 6) is 0.371. The number of anilines is 1. The van der Waals surface area contributed by atoms with E-state index in [-0.39, 0.29) is 12.1 Å². The maximum absolute atomic E-state index is 12.9. The second-order valence-electron chi connectivity index (χ2n) is 4.91. The van der Waals surface area contributed by atoms with Crippen LogP contribution in [0.5, 0.6) is 0 Å². The van der Waals surface area contributed by atoms with Crippen molar-refractivity contribution < 1.29 is 18.3 Å². The lowest BCUT2D eigenvalue weighted by Crippen LogP contribution is -2.09. The number of aliphatic hydroxyl groups excluding tert-OH is 1. The SMILES string of the molecule is CC.OCCCNc1nc2cc(C(F)(F)F)ccc2n2c(Br)cnc12. The van der Waals surface area contributed by atoms with Gasteiger partial charge in [0, 0.05) is 13.2 Å². The molecule has 0 aliphatic rings. The lowest BCUT2D eigenvalue weighted by molar-refractivity contribution is -0.137. The van der Waals surface area contributed by atoms with Crippen molar-refractivity contribution in [3.8, 4) is 0 Å². The maximum atomic E-state index is 12.9. The van der Waals surface area contributed by atoms with Gasteiger partial charge < -0.3 is 10.4 Å². The predicted molar refractivity (Wildman–Crippen MR) is 94.7 cm³/mol. The molecule has 3 aromatic rings. The number of hydrogen-bond acceptors (Lipinski definition) is 4. The minimum atomic E-state index is -4.43. The van der Waals surface area contributed by atoms with Crippen LogP contribution in [0.15, 0.2) is 29.0 Å². The van der Waals surface area contributed by atoms with Crippen molar-refractivity contribution in [3.05, 3.63) is 34.6 Å². The van der Waals surface area contributed by atoms with E-state index in [2.05, 4.69) is 31.2 Å². The van der Waals surface area contributed by atoms with Gasteiger partial charge in [-0.05, 0) is 40.5 Å². The van der Waals surface area contributed by atoms with Crippen LogP contribution >= 0.6 is 15.9 Å². The summed E-state index contributed by atoms with van der Waals surface area (Å²) in [5.41, 5.74) is 0.471. The molecule has 1 aromatic carbocycles. The van der Waals surface area contributed by atoms with Gasteiger partial charge in [0.05, 0.1) is 22.8 Å². The van der Waals surface area contributed by atoms with Crippen LogP contribution in [0.1, 0.15) is 25.8 Å². The van der Waals surface area contributed by atoms with E-state index in [1.165, 1.54) is 6.07 Å². The fraction of sp³-hybridized carbons (Fsp3) is 0.375. The highest BCUT2D eigenvalue weighted by atomic mass is 79.9. The molecule has 0 unspecified atom stereocenters. The standard InChI is InChI=1S/C14H12BrF3N4O.C2H6/c15-11-7-20-13-12(19-4-1-5-23)21-9-6-8(14(16,17)18)2-3-10(9)22(11)13;1-2/h2-3,6-7,23H,1,4-5H2,(H,19,21);1-2H3. The molecule has 0 amide bonds. The Hall–Kier alpha value is -1.87. The molecule has 0 saturated carbocycles.